The Morgan fingerprint density at radius 2 is 1.54 bits per heavy atom. The Morgan fingerprint density at radius 1 is 1.00 bits per heavy atom. The number of hydrogen-bond donors (Lipinski definition) is 0. The van der Waals surface area contributed by atoms with Gasteiger partial charge in [-0.1, -0.05) is 0 Å². The molecule has 24 heavy (non-hydrogen) atoms. The van der Waals surface area contributed by atoms with Crippen LogP contribution in [0.15, 0.2) is 42.0 Å². The fourth-order valence-corrected chi connectivity index (χ4v) is 7.68. The van der Waals surface area contributed by atoms with Gasteiger partial charge in [-0.3, -0.25) is 0 Å². The van der Waals surface area contributed by atoms with Crippen LogP contribution < -0.4 is 42.4 Å². The molecule has 1 unspecified atom stereocenters. The molecule has 1 aliphatic carbocycles. The van der Waals surface area contributed by atoms with Crippen LogP contribution in [0.3, 0.4) is 0 Å². The third kappa shape index (κ3) is 5.25. The molecule has 5 heteroatoms. The van der Waals surface area contributed by atoms with Gasteiger partial charge >= 0.3 is 143 Å². The molecule has 0 aromatic heterocycles. The molecular weight excluding hydrogens is 411 g/mol. The third-order valence-corrected chi connectivity index (χ3v) is 12.8. The van der Waals surface area contributed by atoms with E-state index >= 15 is 0 Å². The van der Waals surface area contributed by atoms with E-state index in [4.69, 9.17) is 0 Å². The van der Waals surface area contributed by atoms with Crippen molar-refractivity contribution in [2.45, 2.75) is 56.5 Å². The van der Waals surface area contributed by atoms with Gasteiger partial charge in [-0.25, -0.2) is 0 Å². The molecule has 0 N–H and O–H groups in total. The van der Waals surface area contributed by atoms with E-state index < -0.39 is 8.07 Å². The average Bonchev–Trinajstić information content (AvgIpc) is 2.78. The Morgan fingerprint density at radius 3 is 2.04 bits per heavy atom. The Balaban J connectivity index is 0. The number of benzene rings is 1. The van der Waals surface area contributed by atoms with Gasteiger partial charge in [0.05, 0.1) is 0 Å². The van der Waals surface area contributed by atoms with Crippen molar-refractivity contribution in [1.82, 2.24) is 0 Å². The molecular formula is C19H27Cl3SiTi. The molecule has 0 nitrogen and oxygen atoms in total. The number of halogens is 3. The summed E-state index contributed by atoms with van der Waals surface area (Å²) in [6.07, 6.45) is 11.0. The predicted octanol–water partition coefficient (Wildman–Crippen LogP) is -3.84. The third-order valence-electron chi connectivity index (χ3n) is 4.88. The summed E-state index contributed by atoms with van der Waals surface area (Å²) in [6, 6.07) is 7.14. The Bertz CT molecular complexity index is 576. The fourth-order valence-electron chi connectivity index (χ4n) is 3.37. The second kappa shape index (κ2) is 10.6. The first kappa shape index (κ1) is 26.7. The normalized spacial score (nSPS) is 19.0. The van der Waals surface area contributed by atoms with Crippen LogP contribution in [0.2, 0.25) is 16.4 Å². The van der Waals surface area contributed by atoms with Gasteiger partial charge in [0.15, 0.2) is 0 Å². The van der Waals surface area contributed by atoms with E-state index in [0.717, 1.165) is 0 Å². The zero-order valence-electron chi connectivity index (χ0n) is 15.2. The zero-order chi connectivity index (χ0) is 15.7. The van der Waals surface area contributed by atoms with Crippen LogP contribution >= 0.6 is 0 Å². The molecule has 1 aromatic carbocycles. The van der Waals surface area contributed by atoms with Gasteiger partial charge in [0, 0.05) is 0 Å². The van der Waals surface area contributed by atoms with Crippen LogP contribution in [0.1, 0.15) is 37.3 Å². The molecule has 0 bridgehead atoms. The minimum Gasteiger partial charge on any atom is -1.00 e. The number of hydrogen-bond acceptors (Lipinski definition) is 0. The number of aryl methyl sites for hydroxylation is 2. The number of allylic oxidation sites excluding steroid dienone is 4. The van der Waals surface area contributed by atoms with Gasteiger partial charge in [0.2, 0.25) is 0 Å². The second-order valence-corrected chi connectivity index (χ2v) is 13.6. The monoisotopic (exact) mass is 436 g/mol. The molecule has 1 aromatic rings. The first-order valence-corrected chi connectivity index (χ1v) is 11.8. The zero-order valence-corrected chi connectivity index (χ0v) is 20.0. The maximum Gasteiger partial charge on any atom is -1.00 e. The van der Waals surface area contributed by atoms with Crippen molar-refractivity contribution in [2.24, 2.45) is 0 Å². The van der Waals surface area contributed by atoms with Gasteiger partial charge in [0.25, 0.3) is 0 Å². The number of unbranched alkanes of at least 4 members (excludes halogenated alkanes) is 1. The first-order chi connectivity index (χ1) is 9.81. The molecule has 2 rings (SSSR count). The average molecular weight is 438 g/mol. The molecule has 0 spiro atoms. The van der Waals surface area contributed by atoms with Crippen molar-refractivity contribution >= 4 is 13.3 Å². The van der Waals surface area contributed by atoms with Crippen molar-refractivity contribution in [3.8, 4) is 0 Å². The fraction of sp³-hybridized carbons (Fsp3) is 0.474. The van der Waals surface area contributed by atoms with Gasteiger partial charge in [-0.2, -0.15) is 0 Å². The maximum atomic E-state index is 2.54. The molecule has 0 saturated carbocycles. The molecule has 132 valence electrons. The van der Waals surface area contributed by atoms with E-state index in [2.05, 4.69) is 90.7 Å². The predicted molar refractivity (Wildman–Crippen MR) is 92.5 cm³/mol. The second-order valence-electron chi connectivity index (χ2n) is 6.96. The van der Waals surface area contributed by atoms with E-state index in [1.807, 2.05) is 0 Å². The number of rotatable bonds is 5. The van der Waals surface area contributed by atoms with Crippen molar-refractivity contribution in [3.05, 3.63) is 53.1 Å². The van der Waals surface area contributed by atoms with Crippen LogP contribution in [0.25, 0.3) is 0 Å². The summed E-state index contributed by atoms with van der Waals surface area (Å²) >= 11 is 2.47. The van der Waals surface area contributed by atoms with Gasteiger partial charge in [-0.15, -0.1) is 0 Å². The van der Waals surface area contributed by atoms with E-state index in [-0.39, 0.29) is 40.6 Å². The molecule has 0 heterocycles. The summed E-state index contributed by atoms with van der Waals surface area (Å²) in [6.45, 7) is 11.8. The van der Waals surface area contributed by atoms with Gasteiger partial charge in [0.1, 0.15) is 0 Å². The van der Waals surface area contributed by atoms with Crippen molar-refractivity contribution in [3.63, 3.8) is 0 Å². The van der Waals surface area contributed by atoms with Gasteiger partial charge in [-0.05, 0) is 0 Å². The van der Waals surface area contributed by atoms with Crippen LogP contribution in [0, 0.1) is 13.8 Å². The Hall–Kier alpha value is 0.501. The summed E-state index contributed by atoms with van der Waals surface area (Å²) in [4.78, 5) is 0. The summed E-state index contributed by atoms with van der Waals surface area (Å²) < 4.78 is 0.266. The van der Waals surface area contributed by atoms with Crippen molar-refractivity contribution < 1.29 is 57.7 Å². The molecule has 1 aliphatic rings. The van der Waals surface area contributed by atoms with Gasteiger partial charge < -0.3 is 37.2 Å². The van der Waals surface area contributed by atoms with E-state index in [9.17, 15) is 0 Å². The molecule has 0 saturated heterocycles. The van der Waals surface area contributed by atoms with E-state index in [1.165, 1.54) is 30.4 Å². The largest absolute Gasteiger partial charge is 1.00 e. The van der Waals surface area contributed by atoms with E-state index in [1.54, 1.807) is 10.8 Å². The molecule has 1 atom stereocenters. The minimum absolute atomic E-state index is 0. The standard InChI is InChI=1S/C19H27Si.3ClH.Ti/c1-6-7-9-17-10-8-11-19(17)20(4,5)18-13-15(2)12-16(3)14-18;;;;/h8,10-14H,6-7,9H2,1-5H3;3*1H;/q;;;;+3/p-3. The van der Waals surface area contributed by atoms with Crippen LogP contribution in [0.4, 0.5) is 0 Å². The summed E-state index contributed by atoms with van der Waals surface area (Å²) in [5, 5.41) is 1.59. The molecule has 0 amide bonds. The maximum absolute atomic E-state index is 2.54. The van der Waals surface area contributed by atoms with E-state index in [0.29, 0.717) is 0 Å². The summed E-state index contributed by atoms with van der Waals surface area (Å²) in [5.41, 5.74) is 4.45. The molecule has 0 aliphatic heterocycles. The topological polar surface area (TPSA) is 0 Å². The smallest absolute Gasteiger partial charge is 1.00 e. The SMILES string of the molecule is CCCCC1=CC=C[C]1([Ti+3])[Si](C)(C)c1cc(C)cc(C)c1.[Cl-].[Cl-].[Cl-]. The van der Waals surface area contributed by atoms with Crippen LogP contribution in [-0.4, -0.2) is 8.07 Å². The summed E-state index contributed by atoms with van der Waals surface area (Å²) in [7, 11) is -1.60. The van der Waals surface area contributed by atoms with Crippen LogP contribution in [-0.2, 0) is 20.4 Å². The minimum atomic E-state index is -1.60. The van der Waals surface area contributed by atoms with Crippen molar-refractivity contribution in [1.29, 1.82) is 0 Å². The Labute approximate surface area is 179 Å². The first-order valence-electron chi connectivity index (χ1n) is 8.04. The summed E-state index contributed by atoms with van der Waals surface area (Å²) in [5.74, 6) is 0. The molecule has 0 fully saturated rings. The quantitative estimate of drug-likeness (QED) is 0.414. The molecule has 0 radical (unpaired) electrons. The Kier molecular flexibility index (Phi) is 11.8. The van der Waals surface area contributed by atoms with Crippen molar-refractivity contribution in [2.75, 3.05) is 0 Å². The van der Waals surface area contributed by atoms with Crippen LogP contribution in [0.5, 0.6) is 0 Å².